The minimum Gasteiger partial charge on any atom is -0.338 e. The van der Waals surface area contributed by atoms with Crippen LogP contribution in [-0.2, 0) is 4.79 Å². The van der Waals surface area contributed by atoms with Gasteiger partial charge < -0.3 is 20.4 Å². The zero-order valence-electron chi connectivity index (χ0n) is 16.4. The summed E-state index contributed by atoms with van der Waals surface area (Å²) in [5.41, 5.74) is 2.06. The zero-order chi connectivity index (χ0) is 19.1. The van der Waals surface area contributed by atoms with Gasteiger partial charge in [-0.1, -0.05) is 30.5 Å². The Balaban J connectivity index is 1.35. The van der Waals surface area contributed by atoms with Crippen molar-refractivity contribution in [1.29, 1.82) is 0 Å². The van der Waals surface area contributed by atoms with E-state index in [9.17, 15) is 9.59 Å². The summed E-state index contributed by atoms with van der Waals surface area (Å²) in [5.74, 6) is 0.0605. The molecule has 3 amide bonds. The maximum Gasteiger partial charge on any atom is 0.315 e. The molecule has 2 aliphatic heterocycles. The highest BCUT2D eigenvalue weighted by atomic mass is 16.2. The Kier molecular flexibility index (Phi) is 7.10. The second-order valence-corrected chi connectivity index (χ2v) is 7.75. The number of rotatable bonds is 6. The molecule has 2 aliphatic rings. The fraction of sp³-hybridized carbons (Fsp3) is 0.619. The van der Waals surface area contributed by atoms with Gasteiger partial charge in [0.15, 0.2) is 0 Å². The van der Waals surface area contributed by atoms with Crippen molar-refractivity contribution in [2.75, 3.05) is 37.6 Å². The van der Waals surface area contributed by atoms with Gasteiger partial charge in [0, 0.05) is 25.2 Å². The number of anilines is 1. The third-order valence-corrected chi connectivity index (χ3v) is 5.44. The van der Waals surface area contributed by atoms with Crippen molar-refractivity contribution < 1.29 is 9.59 Å². The van der Waals surface area contributed by atoms with E-state index in [0.29, 0.717) is 19.5 Å². The summed E-state index contributed by atoms with van der Waals surface area (Å²) in [4.78, 5) is 28.7. The van der Waals surface area contributed by atoms with Gasteiger partial charge in [0.1, 0.15) is 0 Å². The SMILES string of the molecule is Cc1ccc(N2C[C@H](NC(=O)NCCCN3CCCCCC3)CC2=O)cc1. The fourth-order valence-corrected chi connectivity index (χ4v) is 3.88. The molecule has 3 rings (SSSR count). The van der Waals surface area contributed by atoms with Gasteiger partial charge in [-0.2, -0.15) is 0 Å². The number of hydrogen-bond donors (Lipinski definition) is 2. The van der Waals surface area contributed by atoms with Gasteiger partial charge >= 0.3 is 6.03 Å². The Morgan fingerprint density at radius 3 is 2.52 bits per heavy atom. The number of nitrogens with zero attached hydrogens (tertiary/aromatic N) is 2. The van der Waals surface area contributed by atoms with Gasteiger partial charge in [0.25, 0.3) is 0 Å². The number of urea groups is 1. The van der Waals surface area contributed by atoms with Gasteiger partial charge in [0.2, 0.25) is 5.91 Å². The topological polar surface area (TPSA) is 64.7 Å². The van der Waals surface area contributed by atoms with Crippen LogP contribution in [0.25, 0.3) is 0 Å². The molecule has 6 nitrogen and oxygen atoms in total. The van der Waals surface area contributed by atoms with E-state index in [0.717, 1.165) is 18.7 Å². The van der Waals surface area contributed by atoms with E-state index in [4.69, 9.17) is 0 Å². The van der Waals surface area contributed by atoms with Crippen LogP contribution in [-0.4, -0.2) is 55.6 Å². The molecule has 1 aromatic rings. The summed E-state index contributed by atoms with van der Waals surface area (Å²) in [7, 11) is 0. The Morgan fingerprint density at radius 2 is 1.81 bits per heavy atom. The van der Waals surface area contributed by atoms with Crippen molar-refractivity contribution in [2.45, 2.75) is 51.5 Å². The molecule has 0 saturated carbocycles. The lowest BCUT2D eigenvalue weighted by Crippen LogP contribution is -2.44. The van der Waals surface area contributed by atoms with E-state index in [1.807, 2.05) is 31.2 Å². The predicted octanol–water partition coefficient (Wildman–Crippen LogP) is 2.67. The second-order valence-electron chi connectivity index (χ2n) is 7.75. The largest absolute Gasteiger partial charge is 0.338 e. The molecule has 2 saturated heterocycles. The molecular weight excluding hydrogens is 340 g/mol. The quantitative estimate of drug-likeness (QED) is 0.755. The van der Waals surface area contributed by atoms with Crippen LogP contribution in [0.15, 0.2) is 24.3 Å². The third kappa shape index (κ3) is 5.96. The first-order chi connectivity index (χ1) is 13.1. The summed E-state index contributed by atoms with van der Waals surface area (Å²) < 4.78 is 0. The Hall–Kier alpha value is -2.08. The summed E-state index contributed by atoms with van der Waals surface area (Å²) in [6.45, 7) is 6.64. The van der Waals surface area contributed by atoms with Gasteiger partial charge in [-0.25, -0.2) is 4.79 Å². The molecule has 2 heterocycles. The molecule has 1 atom stereocenters. The lowest BCUT2D eigenvalue weighted by Gasteiger charge is -2.20. The number of aryl methyl sites for hydroxylation is 1. The molecule has 27 heavy (non-hydrogen) atoms. The average Bonchev–Trinajstić information content (AvgIpc) is 2.84. The van der Waals surface area contributed by atoms with Crippen LogP contribution < -0.4 is 15.5 Å². The molecule has 0 unspecified atom stereocenters. The number of benzene rings is 1. The summed E-state index contributed by atoms with van der Waals surface area (Å²) >= 11 is 0. The molecule has 6 heteroatoms. The lowest BCUT2D eigenvalue weighted by molar-refractivity contribution is -0.117. The highest BCUT2D eigenvalue weighted by molar-refractivity contribution is 5.96. The number of nitrogens with one attached hydrogen (secondary N) is 2. The van der Waals surface area contributed by atoms with E-state index < -0.39 is 0 Å². The Morgan fingerprint density at radius 1 is 1.11 bits per heavy atom. The first-order valence-electron chi connectivity index (χ1n) is 10.3. The summed E-state index contributed by atoms with van der Waals surface area (Å²) in [6.07, 6.45) is 6.59. The van der Waals surface area contributed by atoms with Crippen molar-refractivity contribution in [3.8, 4) is 0 Å². The van der Waals surface area contributed by atoms with Crippen molar-refractivity contribution in [1.82, 2.24) is 15.5 Å². The zero-order valence-corrected chi connectivity index (χ0v) is 16.4. The molecule has 2 N–H and O–H groups in total. The first-order valence-corrected chi connectivity index (χ1v) is 10.3. The van der Waals surface area contributed by atoms with Crippen molar-refractivity contribution in [3.05, 3.63) is 29.8 Å². The molecule has 148 valence electrons. The maximum absolute atomic E-state index is 12.3. The minimum atomic E-state index is -0.172. The van der Waals surface area contributed by atoms with Crippen LogP contribution in [0.2, 0.25) is 0 Å². The molecule has 0 aliphatic carbocycles. The van der Waals surface area contributed by atoms with E-state index >= 15 is 0 Å². The summed E-state index contributed by atoms with van der Waals surface area (Å²) in [6, 6.07) is 7.61. The number of carbonyl (C=O) groups is 2. The van der Waals surface area contributed by atoms with E-state index in [1.165, 1.54) is 44.3 Å². The van der Waals surface area contributed by atoms with E-state index in [-0.39, 0.29) is 18.0 Å². The monoisotopic (exact) mass is 372 g/mol. The Bertz CT molecular complexity index is 624. The van der Waals surface area contributed by atoms with E-state index in [2.05, 4.69) is 15.5 Å². The van der Waals surface area contributed by atoms with Crippen LogP contribution in [0.1, 0.15) is 44.1 Å². The number of likely N-dealkylation sites (tertiary alicyclic amines) is 1. The molecule has 0 radical (unpaired) electrons. The minimum absolute atomic E-state index is 0.0605. The average molecular weight is 373 g/mol. The molecular formula is C21H32N4O2. The van der Waals surface area contributed by atoms with Crippen LogP contribution in [0.3, 0.4) is 0 Å². The lowest BCUT2D eigenvalue weighted by atomic mass is 10.2. The first kappa shape index (κ1) is 19.7. The molecule has 0 bridgehead atoms. The maximum atomic E-state index is 12.3. The van der Waals surface area contributed by atoms with Crippen LogP contribution >= 0.6 is 0 Å². The molecule has 2 fully saturated rings. The molecule has 0 aromatic heterocycles. The van der Waals surface area contributed by atoms with Crippen LogP contribution in [0.5, 0.6) is 0 Å². The summed E-state index contributed by atoms with van der Waals surface area (Å²) in [5, 5.41) is 5.88. The smallest absolute Gasteiger partial charge is 0.315 e. The van der Waals surface area contributed by atoms with Gasteiger partial charge in [-0.05, 0) is 58.0 Å². The van der Waals surface area contributed by atoms with E-state index in [1.54, 1.807) is 4.90 Å². The standard InChI is InChI=1S/C21H32N4O2/c1-17-7-9-19(10-8-17)25-16-18(15-20(25)26)23-21(27)22-11-6-14-24-12-4-2-3-5-13-24/h7-10,18H,2-6,11-16H2,1H3,(H2,22,23,27)/t18-/m1/s1. The molecule has 1 aromatic carbocycles. The highest BCUT2D eigenvalue weighted by Crippen LogP contribution is 2.21. The van der Waals surface area contributed by atoms with Gasteiger partial charge in [-0.15, -0.1) is 0 Å². The normalized spacial score (nSPS) is 21.1. The van der Waals surface area contributed by atoms with Crippen molar-refractivity contribution in [2.24, 2.45) is 0 Å². The van der Waals surface area contributed by atoms with Crippen molar-refractivity contribution >= 4 is 17.6 Å². The Labute approximate surface area is 162 Å². The van der Waals surface area contributed by atoms with Gasteiger partial charge in [-0.3, -0.25) is 4.79 Å². The van der Waals surface area contributed by atoms with Crippen molar-refractivity contribution in [3.63, 3.8) is 0 Å². The van der Waals surface area contributed by atoms with Crippen LogP contribution in [0.4, 0.5) is 10.5 Å². The number of hydrogen-bond acceptors (Lipinski definition) is 3. The number of amides is 3. The third-order valence-electron chi connectivity index (χ3n) is 5.44. The molecule has 0 spiro atoms. The van der Waals surface area contributed by atoms with Crippen LogP contribution in [0, 0.1) is 6.92 Å². The second kappa shape index (κ2) is 9.74. The number of carbonyl (C=O) groups excluding carboxylic acids is 2. The van der Waals surface area contributed by atoms with Gasteiger partial charge in [0.05, 0.1) is 6.04 Å². The fourth-order valence-electron chi connectivity index (χ4n) is 3.88. The predicted molar refractivity (Wildman–Crippen MR) is 108 cm³/mol. The highest BCUT2D eigenvalue weighted by Gasteiger charge is 2.31.